The van der Waals surface area contributed by atoms with Crippen molar-refractivity contribution in [2.24, 2.45) is 0 Å². The number of aryl methyl sites for hydroxylation is 1. The van der Waals surface area contributed by atoms with Gasteiger partial charge in [0.2, 0.25) is 0 Å². The molecule has 0 aliphatic carbocycles. The quantitative estimate of drug-likeness (QED) is 0.640. The summed E-state index contributed by atoms with van der Waals surface area (Å²) in [5.74, 6) is -0.357. The number of carbonyl (C=O) groups excluding carboxylic acids is 1. The largest absolute Gasteiger partial charge is 0.381 e. The molecule has 2 aromatic carbocycles. The SMILES string of the molecule is CC(CCc1ccccc1)Nc1c(C(=O)N2CCCC2)cnc2ccc(F)cc12. The molecule has 29 heavy (non-hydrogen) atoms. The molecule has 0 saturated carbocycles. The van der Waals surface area contributed by atoms with E-state index in [1.54, 1.807) is 12.3 Å². The van der Waals surface area contributed by atoms with E-state index in [0.29, 0.717) is 22.2 Å². The van der Waals surface area contributed by atoms with Crippen LogP contribution in [-0.2, 0) is 6.42 Å². The number of rotatable bonds is 6. The van der Waals surface area contributed by atoms with Crippen molar-refractivity contribution in [1.82, 2.24) is 9.88 Å². The highest BCUT2D eigenvalue weighted by Gasteiger charge is 2.24. The van der Waals surface area contributed by atoms with Crippen LogP contribution in [0.2, 0.25) is 0 Å². The molecule has 4 rings (SSSR count). The van der Waals surface area contributed by atoms with Crippen LogP contribution < -0.4 is 5.32 Å². The van der Waals surface area contributed by atoms with Crippen LogP contribution in [0.15, 0.2) is 54.7 Å². The minimum atomic E-state index is -0.329. The molecule has 2 heterocycles. The summed E-state index contributed by atoms with van der Waals surface area (Å²) in [6.45, 7) is 3.63. The van der Waals surface area contributed by atoms with Gasteiger partial charge in [0, 0.05) is 30.7 Å². The van der Waals surface area contributed by atoms with E-state index >= 15 is 0 Å². The van der Waals surface area contributed by atoms with Crippen molar-refractivity contribution in [3.05, 3.63) is 71.7 Å². The Morgan fingerprint density at radius 3 is 2.69 bits per heavy atom. The highest BCUT2D eigenvalue weighted by molar-refractivity contribution is 6.07. The maximum Gasteiger partial charge on any atom is 0.257 e. The van der Waals surface area contributed by atoms with Crippen LogP contribution in [-0.4, -0.2) is 34.9 Å². The third kappa shape index (κ3) is 4.39. The summed E-state index contributed by atoms with van der Waals surface area (Å²) in [6, 6.07) is 15.0. The number of fused-ring (bicyclic) bond motifs is 1. The zero-order valence-corrected chi connectivity index (χ0v) is 16.7. The van der Waals surface area contributed by atoms with E-state index in [0.717, 1.165) is 38.8 Å². The maximum absolute atomic E-state index is 14.0. The molecular weight excluding hydrogens is 365 g/mol. The lowest BCUT2D eigenvalue weighted by atomic mass is 10.0. The molecule has 1 aromatic heterocycles. The van der Waals surface area contributed by atoms with E-state index in [9.17, 15) is 9.18 Å². The van der Waals surface area contributed by atoms with Gasteiger partial charge >= 0.3 is 0 Å². The van der Waals surface area contributed by atoms with Crippen LogP contribution in [0, 0.1) is 5.82 Å². The van der Waals surface area contributed by atoms with Crippen molar-refractivity contribution in [2.75, 3.05) is 18.4 Å². The summed E-state index contributed by atoms with van der Waals surface area (Å²) in [4.78, 5) is 19.4. The second-order valence-corrected chi connectivity index (χ2v) is 7.78. The Hall–Kier alpha value is -2.95. The van der Waals surface area contributed by atoms with Gasteiger partial charge in [0.05, 0.1) is 16.8 Å². The van der Waals surface area contributed by atoms with E-state index in [-0.39, 0.29) is 17.8 Å². The summed E-state index contributed by atoms with van der Waals surface area (Å²) >= 11 is 0. The van der Waals surface area contributed by atoms with E-state index in [1.807, 2.05) is 23.1 Å². The zero-order chi connectivity index (χ0) is 20.2. The Labute approximate surface area is 170 Å². The number of likely N-dealkylation sites (tertiary alicyclic amines) is 1. The maximum atomic E-state index is 14.0. The lowest BCUT2D eigenvalue weighted by Crippen LogP contribution is -2.29. The van der Waals surface area contributed by atoms with Gasteiger partial charge in [-0.05, 0) is 56.4 Å². The Balaban J connectivity index is 1.63. The third-order valence-electron chi connectivity index (χ3n) is 5.55. The van der Waals surface area contributed by atoms with E-state index in [2.05, 4.69) is 29.4 Å². The minimum absolute atomic E-state index is 0.0288. The Bertz CT molecular complexity index is 1000. The summed E-state index contributed by atoms with van der Waals surface area (Å²) in [7, 11) is 0. The minimum Gasteiger partial charge on any atom is -0.381 e. The number of hydrogen-bond donors (Lipinski definition) is 1. The standard InChI is InChI=1S/C24H26FN3O/c1-17(9-10-18-7-3-2-4-8-18)27-23-20-15-19(25)11-12-22(20)26-16-21(23)24(29)28-13-5-6-14-28/h2-4,7-8,11-12,15-17H,5-6,9-10,13-14H2,1H3,(H,26,27). The van der Waals surface area contributed by atoms with Crippen LogP contribution in [0.4, 0.5) is 10.1 Å². The normalized spacial score (nSPS) is 14.9. The van der Waals surface area contributed by atoms with Crippen molar-refractivity contribution in [3.63, 3.8) is 0 Å². The van der Waals surface area contributed by atoms with Gasteiger partial charge in [0.15, 0.2) is 0 Å². The summed E-state index contributed by atoms with van der Waals surface area (Å²) in [6.07, 6.45) is 5.52. The fourth-order valence-electron chi connectivity index (χ4n) is 3.92. The molecule has 3 aromatic rings. The van der Waals surface area contributed by atoms with Gasteiger partial charge in [-0.25, -0.2) is 4.39 Å². The topological polar surface area (TPSA) is 45.2 Å². The van der Waals surface area contributed by atoms with Crippen molar-refractivity contribution < 1.29 is 9.18 Å². The molecule has 5 heteroatoms. The fourth-order valence-corrected chi connectivity index (χ4v) is 3.92. The molecule has 1 N–H and O–H groups in total. The second kappa shape index (κ2) is 8.60. The Morgan fingerprint density at radius 2 is 1.93 bits per heavy atom. The summed E-state index contributed by atoms with van der Waals surface area (Å²) in [5.41, 5.74) is 3.17. The average Bonchev–Trinajstić information content (AvgIpc) is 3.28. The smallest absolute Gasteiger partial charge is 0.257 e. The fraction of sp³-hybridized carbons (Fsp3) is 0.333. The first kappa shape index (κ1) is 19.4. The average molecular weight is 391 g/mol. The molecule has 0 spiro atoms. The van der Waals surface area contributed by atoms with Crippen molar-refractivity contribution in [3.8, 4) is 0 Å². The van der Waals surface area contributed by atoms with Crippen LogP contribution in [0.25, 0.3) is 10.9 Å². The number of anilines is 1. The highest BCUT2D eigenvalue weighted by atomic mass is 19.1. The molecule has 1 aliphatic heterocycles. The molecule has 1 atom stereocenters. The van der Waals surface area contributed by atoms with Gasteiger partial charge in [-0.2, -0.15) is 0 Å². The second-order valence-electron chi connectivity index (χ2n) is 7.78. The lowest BCUT2D eigenvalue weighted by molar-refractivity contribution is 0.0793. The molecule has 150 valence electrons. The number of carbonyl (C=O) groups is 1. The molecular formula is C24H26FN3O. The van der Waals surface area contributed by atoms with Gasteiger partial charge in [0.1, 0.15) is 5.82 Å². The number of nitrogens with zero attached hydrogens (tertiary/aromatic N) is 2. The monoisotopic (exact) mass is 391 g/mol. The predicted molar refractivity (Wildman–Crippen MR) is 115 cm³/mol. The first-order valence-corrected chi connectivity index (χ1v) is 10.3. The number of halogens is 1. The number of aromatic nitrogens is 1. The number of benzene rings is 2. The first-order chi connectivity index (χ1) is 14.1. The third-order valence-corrected chi connectivity index (χ3v) is 5.55. The van der Waals surface area contributed by atoms with Gasteiger partial charge in [0.25, 0.3) is 5.91 Å². The number of amides is 1. The number of hydrogen-bond acceptors (Lipinski definition) is 3. The van der Waals surface area contributed by atoms with Gasteiger partial charge in [-0.3, -0.25) is 9.78 Å². The lowest BCUT2D eigenvalue weighted by Gasteiger charge is -2.22. The molecule has 1 unspecified atom stereocenters. The van der Waals surface area contributed by atoms with Crippen molar-refractivity contribution in [2.45, 2.75) is 38.6 Å². The number of pyridine rings is 1. The first-order valence-electron chi connectivity index (χ1n) is 10.3. The van der Waals surface area contributed by atoms with Crippen LogP contribution in [0.3, 0.4) is 0 Å². The number of nitrogens with one attached hydrogen (secondary N) is 1. The molecule has 1 fully saturated rings. The molecule has 0 radical (unpaired) electrons. The van der Waals surface area contributed by atoms with E-state index in [4.69, 9.17) is 0 Å². The molecule has 1 amide bonds. The van der Waals surface area contributed by atoms with Crippen LogP contribution >= 0.6 is 0 Å². The Morgan fingerprint density at radius 1 is 1.17 bits per heavy atom. The Kier molecular flexibility index (Phi) is 5.74. The summed E-state index contributed by atoms with van der Waals surface area (Å²) < 4.78 is 14.0. The van der Waals surface area contributed by atoms with Gasteiger partial charge < -0.3 is 10.2 Å². The van der Waals surface area contributed by atoms with Gasteiger partial charge in [-0.1, -0.05) is 30.3 Å². The molecule has 1 saturated heterocycles. The van der Waals surface area contributed by atoms with Crippen LogP contribution in [0.1, 0.15) is 42.1 Å². The van der Waals surface area contributed by atoms with E-state index < -0.39 is 0 Å². The van der Waals surface area contributed by atoms with E-state index in [1.165, 1.54) is 17.7 Å². The molecule has 4 nitrogen and oxygen atoms in total. The summed E-state index contributed by atoms with van der Waals surface area (Å²) in [5, 5.41) is 4.16. The van der Waals surface area contributed by atoms with Crippen molar-refractivity contribution in [1.29, 1.82) is 0 Å². The van der Waals surface area contributed by atoms with Crippen LogP contribution in [0.5, 0.6) is 0 Å². The van der Waals surface area contributed by atoms with Crippen molar-refractivity contribution >= 4 is 22.5 Å². The molecule has 0 bridgehead atoms. The zero-order valence-electron chi connectivity index (χ0n) is 16.7. The molecule has 1 aliphatic rings. The van der Waals surface area contributed by atoms with Gasteiger partial charge in [-0.15, -0.1) is 0 Å². The predicted octanol–water partition coefficient (Wildman–Crippen LogP) is 5.04. The highest BCUT2D eigenvalue weighted by Crippen LogP contribution is 2.29.